The molecule has 0 atom stereocenters. The average Bonchev–Trinajstić information content (AvgIpc) is 3.82. The van der Waals surface area contributed by atoms with E-state index in [2.05, 4.69) is 205 Å². The van der Waals surface area contributed by atoms with Crippen molar-refractivity contribution in [2.45, 2.75) is 0 Å². The van der Waals surface area contributed by atoms with E-state index in [1.165, 1.54) is 84.5 Å². The van der Waals surface area contributed by atoms with Crippen LogP contribution in [0, 0.1) is 0 Å². The molecule has 0 radical (unpaired) electrons. The van der Waals surface area contributed by atoms with Crippen LogP contribution in [0.4, 0.5) is 17.1 Å². The Morgan fingerprint density at radius 2 is 0.818 bits per heavy atom. The van der Waals surface area contributed by atoms with Gasteiger partial charge in [0.25, 0.3) is 0 Å². The van der Waals surface area contributed by atoms with Gasteiger partial charge in [0.2, 0.25) is 0 Å². The maximum atomic E-state index is 2.41. The van der Waals surface area contributed by atoms with Gasteiger partial charge in [0.1, 0.15) is 0 Å². The van der Waals surface area contributed by atoms with Gasteiger partial charge in [0.15, 0.2) is 0 Å². The predicted octanol–water partition coefficient (Wildman–Crippen LogP) is 16.0. The van der Waals surface area contributed by atoms with E-state index in [1.54, 1.807) is 0 Å². The zero-order chi connectivity index (χ0) is 36.3. The van der Waals surface area contributed by atoms with Crippen LogP contribution >= 0.6 is 22.7 Å². The van der Waals surface area contributed by atoms with Gasteiger partial charge in [-0.3, -0.25) is 0 Å². The summed E-state index contributed by atoms with van der Waals surface area (Å²) in [5, 5.41) is 7.79. The van der Waals surface area contributed by atoms with E-state index in [9.17, 15) is 0 Å². The molecular weight excluding hydrogens is 703 g/mol. The minimum Gasteiger partial charge on any atom is -0.310 e. The lowest BCUT2D eigenvalue weighted by atomic mass is 9.97. The molecule has 2 aromatic heterocycles. The van der Waals surface area contributed by atoms with Crippen LogP contribution in [-0.4, -0.2) is 0 Å². The highest BCUT2D eigenvalue weighted by molar-refractivity contribution is 7.26. The van der Waals surface area contributed by atoms with Crippen molar-refractivity contribution in [1.82, 2.24) is 0 Å². The monoisotopic (exact) mass is 735 g/mol. The van der Waals surface area contributed by atoms with Crippen molar-refractivity contribution >= 4 is 90.9 Å². The Morgan fingerprint density at radius 3 is 1.60 bits per heavy atom. The van der Waals surface area contributed by atoms with Crippen LogP contribution in [0.25, 0.3) is 84.5 Å². The number of thiophene rings is 2. The van der Waals surface area contributed by atoms with Crippen LogP contribution in [0.5, 0.6) is 0 Å². The molecule has 0 saturated carbocycles. The van der Waals surface area contributed by atoms with E-state index in [-0.39, 0.29) is 0 Å². The first-order valence-corrected chi connectivity index (χ1v) is 20.3. The zero-order valence-corrected chi connectivity index (χ0v) is 31.4. The van der Waals surface area contributed by atoms with Gasteiger partial charge in [0.05, 0.1) is 5.69 Å². The lowest BCUT2D eigenvalue weighted by Gasteiger charge is -2.28. The molecule has 0 fully saturated rings. The fraction of sp³-hybridized carbons (Fsp3) is 0. The number of hydrogen-bond donors (Lipinski definition) is 0. The van der Waals surface area contributed by atoms with Gasteiger partial charge in [-0.25, -0.2) is 0 Å². The summed E-state index contributed by atoms with van der Waals surface area (Å²) in [6.07, 6.45) is 0. The summed E-state index contributed by atoms with van der Waals surface area (Å²) in [6, 6.07) is 73.5. The second-order valence-electron chi connectivity index (χ2n) is 14.1. The smallest absolute Gasteiger partial charge is 0.0540 e. The molecule has 0 bridgehead atoms. The van der Waals surface area contributed by atoms with E-state index < -0.39 is 0 Å². The topological polar surface area (TPSA) is 3.24 Å². The van der Waals surface area contributed by atoms with Gasteiger partial charge in [-0.1, -0.05) is 140 Å². The summed E-state index contributed by atoms with van der Waals surface area (Å²) in [5.41, 5.74) is 10.6. The van der Waals surface area contributed by atoms with Gasteiger partial charge in [-0.2, -0.15) is 0 Å². The third-order valence-corrected chi connectivity index (χ3v) is 13.2. The molecule has 0 aliphatic carbocycles. The molecule has 2 heterocycles. The molecule has 0 aliphatic heterocycles. The van der Waals surface area contributed by atoms with Crippen molar-refractivity contribution in [3.05, 3.63) is 200 Å². The Kier molecular flexibility index (Phi) is 7.61. The highest BCUT2D eigenvalue weighted by atomic mass is 32.1. The van der Waals surface area contributed by atoms with Crippen molar-refractivity contribution < 1.29 is 0 Å². The van der Waals surface area contributed by atoms with Crippen LogP contribution in [0.2, 0.25) is 0 Å². The van der Waals surface area contributed by atoms with E-state index >= 15 is 0 Å². The molecule has 3 heteroatoms. The first-order chi connectivity index (χ1) is 27.2. The number of rotatable bonds is 6. The molecule has 0 spiro atoms. The van der Waals surface area contributed by atoms with Gasteiger partial charge < -0.3 is 4.90 Å². The van der Waals surface area contributed by atoms with Crippen LogP contribution in [-0.2, 0) is 0 Å². The van der Waals surface area contributed by atoms with E-state index in [1.807, 2.05) is 22.7 Å². The number of benzene rings is 9. The van der Waals surface area contributed by atoms with Gasteiger partial charge in [-0.05, 0) is 99.3 Å². The van der Waals surface area contributed by atoms with Crippen molar-refractivity contribution in [2.24, 2.45) is 0 Å². The lowest BCUT2D eigenvalue weighted by Crippen LogP contribution is -2.11. The Bertz CT molecular complexity index is 3200. The lowest BCUT2D eigenvalue weighted by molar-refractivity contribution is 1.28. The Hall–Kier alpha value is -6.52. The fourth-order valence-electron chi connectivity index (χ4n) is 8.21. The standard InChI is InChI=1S/C52H33NS2/c1-2-12-41-35(10-1)11-9-16-42(41)36-22-28-40(29-23-36)53(39-26-20-34(21-27-39)37-25-31-51-47(32-37)45-15-5-8-19-50(45)54-51)48-17-6-3-13-43(48)38-24-30-46-44-14-4-7-18-49(44)55-52(46)33-38/h1-33H. The molecule has 0 unspecified atom stereocenters. The van der Waals surface area contributed by atoms with Gasteiger partial charge in [0, 0.05) is 57.3 Å². The van der Waals surface area contributed by atoms with Crippen LogP contribution in [0.1, 0.15) is 0 Å². The molecule has 1 nitrogen and oxygen atoms in total. The molecule has 0 aliphatic rings. The molecular formula is C52H33NS2. The summed E-state index contributed by atoms with van der Waals surface area (Å²) < 4.78 is 5.28. The number of hydrogen-bond acceptors (Lipinski definition) is 3. The SMILES string of the molecule is c1ccc(N(c2ccc(-c3ccc4sc5ccccc5c4c3)cc2)c2ccc(-c3cccc4ccccc34)cc2)c(-c2ccc3c(c2)sc2ccccc23)c1. The number of nitrogens with zero attached hydrogens (tertiary/aromatic N) is 1. The predicted molar refractivity (Wildman–Crippen MR) is 241 cm³/mol. The number of para-hydroxylation sites is 1. The summed E-state index contributed by atoms with van der Waals surface area (Å²) in [5.74, 6) is 0. The van der Waals surface area contributed by atoms with E-state index in [0.29, 0.717) is 0 Å². The quantitative estimate of drug-likeness (QED) is 0.164. The normalized spacial score (nSPS) is 11.6. The molecule has 0 saturated heterocycles. The number of anilines is 3. The minimum absolute atomic E-state index is 1.11. The molecule has 0 N–H and O–H groups in total. The van der Waals surface area contributed by atoms with Gasteiger partial charge >= 0.3 is 0 Å². The zero-order valence-electron chi connectivity index (χ0n) is 29.8. The summed E-state index contributed by atoms with van der Waals surface area (Å²) in [7, 11) is 0. The summed E-state index contributed by atoms with van der Waals surface area (Å²) >= 11 is 3.73. The molecule has 55 heavy (non-hydrogen) atoms. The third-order valence-electron chi connectivity index (χ3n) is 10.9. The first kappa shape index (κ1) is 32.0. The average molecular weight is 736 g/mol. The Labute approximate surface area is 327 Å². The Balaban J connectivity index is 1.04. The minimum atomic E-state index is 1.11. The maximum absolute atomic E-state index is 2.41. The van der Waals surface area contributed by atoms with Crippen LogP contribution < -0.4 is 4.90 Å². The molecule has 258 valence electrons. The van der Waals surface area contributed by atoms with Gasteiger partial charge in [-0.15, -0.1) is 22.7 Å². The largest absolute Gasteiger partial charge is 0.310 e. The molecule has 11 aromatic rings. The first-order valence-electron chi connectivity index (χ1n) is 18.7. The third kappa shape index (κ3) is 5.51. The van der Waals surface area contributed by atoms with Crippen molar-refractivity contribution in [1.29, 1.82) is 0 Å². The highest BCUT2D eigenvalue weighted by Crippen LogP contribution is 2.44. The van der Waals surface area contributed by atoms with Crippen molar-refractivity contribution in [2.75, 3.05) is 4.90 Å². The van der Waals surface area contributed by atoms with E-state index in [0.717, 1.165) is 17.1 Å². The summed E-state index contributed by atoms with van der Waals surface area (Å²) in [6.45, 7) is 0. The van der Waals surface area contributed by atoms with E-state index in [4.69, 9.17) is 0 Å². The maximum Gasteiger partial charge on any atom is 0.0540 e. The second kappa shape index (κ2) is 13.1. The molecule has 9 aromatic carbocycles. The van der Waals surface area contributed by atoms with Crippen LogP contribution in [0.3, 0.4) is 0 Å². The highest BCUT2D eigenvalue weighted by Gasteiger charge is 2.19. The molecule has 0 amide bonds. The van der Waals surface area contributed by atoms with Crippen LogP contribution in [0.15, 0.2) is 200 Å². The Morgan fingerprint density at radius 1 is 0.291 bits per heavy atom. The van der Waals surface area contributed by atoms with Crippen molar-refractivity contribution in [3.8, 4) is 33.4 Å². The second-order valence-corrected chi connectivity index (χ2v) is 16.3. The fourth-order valence-corrected chi connectivity index (χ4v) is 10.4. The summed E-state index contributed by atoms with van der Waals surface area (Å²) in [4.78, 5) is 2.41. The van der Waals surface area contributed by atoms with Crippen molar-refractivity contribution in [3.63, 3.8) is 0 Å². The number of fused-ring (bicyclic) bond motifs is 7. The molecule has 11 rings (SSSR count).